The van der Waals surface area contributed by atoms with E-state index in [0.717, 1.165) is 6.07 Å². The first kappa shape index (κ1) is 9.12. The van der Waals surface area contributed by atoms with Gasteiger partial charge >= 0.3 is 0 Å². The molecule has 14 heavy (non-hydrogen) atoms. The van der Waals surface area contributed by atoms with Crippen LogP contribution in [0.3, 0.4) is 0 Å². The van der Waals surface area contributed by atoms with Gasteiger partial charge in [-0.1, -0.05) is 0 Å². The quantitative estimate of drug-likeness (QED) is 0.683. The monoisotopic (exact) mass is 197 g/mol. The van der Waals surface area contributed by atoms with Gasteiger partial charge in [-0.05, 0) is 12.1 Å². The molecular formula is C10H9F2NO. The summed E-state index contributed by atoms with van der Waals surface area (Å²) >= 11 is 0. The van der Waals surface area contributed by atoms with Crippen LogP contribution in [0.25, 0.3) is 0 Å². The smallest absolute Gasteiger partial charge is 0.153 e. The Morgan fingerprint density at radius 2 is 2.07 bits per heavy atom. The lowest BCUT2D eigenvalue weighted by Crippen LogP contribution is -2.20. The summed E-state index contributed by atoms with van der Waals surface area (Å²) in [5.41, 5.74) is 0.303. The van der Waals surface area contributed by atoms with Gasteiger partial charge in [0.15, 0.2) is 5.78 Å². The van der Waals surface area contributed by atoms with Crippen LogP contribution in [0.5, 0.6) is 0 Å². The summed E-state index contributed by atoms with van der Waals surface area (Å²) in [5, 5.41) is 0. The normalized spacial score (nSPS) is 16.4. The van der Waals surface area contributed by atoms with Crippen LogP contribution in [0, 0.1) is 11.6 Å². The number of halogens is 2. The molecule has 1 heterocycles. The Morgan fingerprint density at radius 1 is 1.29 bits per heavy atom. The van der Waals surface area contributed by atoms with Gasteiger partial charge in [0.1, 0.15) is 11.6 Å². The van der Waals surface area contributed by atoms with Gasteiger partial charge in [0.25, 0.3) is 0 Å². The summed E-state index contributed by atoms with van der Waals surface area (Å²) in [5.74, 6) is -1.12. The van der Waals surface area contributed by atoms with Gasteiger partial charge in [0.05, 0.1) is 12.2 Å². The Labute approximate surface area is 80.1 Å². The minimum Gasteiger partial charge on any atom is -0.361 e. The number of nitrogens with zero attached hydrogens (tertiary/aromatic N) is 1. The second-order valence-corrected chi connectivity index (χ2v) is 3.31. The fourth-order valence-electron chi connectivity index (χ4n) is 1.57. The summed E-state index contributed by atoms with van der Waals surface area (Å²) in [6, 6.07) is 3.39. The van der Waals surface area contributed by atoms with Crippen LogP contribution in [0.1, 0.15) is 6.42 Å². The van der Waals surface area contributed by atoms with Crippen molar-refractivity contribution >= 4 is 11.5 Å². The number of Topliss-reactive ketones (excluding diaryl/α,β-unsaturated/α-hetero) is 1. The van der Waals surface area contributed by atoms with Gasteiger partial charge in [0.2, 0.25) is 0 Å². The van der Waals surface area contributed by atoms with Crippen LogP contribution in [0.4, 0.5) is 14.5 Å². The molecule has 0 aromatic heterocycles. The van der Waals surface area contributed by atoms with Crippen LogP contribution < -0.4 is 4.90 Å². The average molecular weight is 197 g/mol. The summed E-state index contributed by atoms with van der Waals surface area (Å²) in [6.07, 6.45) is 0.441. The molecule has 74 valence electrons. The van der Waals surface area contributed by atoms with E-state index in [1.807, 2.05) is 0 Å². The van der Waals surface area contributed by atoms with Crippen molar-refractivity contribution < 1.29 is 13.6 Å². The Morgan fingerprint density at radius 3 is 2.64 bits per heavy atom. The maximum Gasteiger partial charge on any atom is 0.153 e. The van der Waals surface area contributed by atoms with Gasteiger partial charge in [0, 0.05) is 19.0 Å². The predicted molar refractivity (Wildman–Crippen MR) is 48.2 cm³/mol. The number of benzene rings is 1. The second kappa shape index (κ2) is 3.36. The lowest BCUT2D eigenvalue weighted by molar-refractivity contribution is -0.116. The molecule has 0 radical (unpaired) electrons. The molecule has 0 saturated carbocycles. The maximum atomic E-state index is 13.2. The van der Waals surface area contributed by atoms with Crippen LogP contribution >= 0.6 is 0 Å². The van der Waals surface area contributed by atoms with Crippen LogP contribution in [0.15, 0.2) is 18.2 Å². The zero-order valence-corrected chi connectivity index (χ0v) is 7.46. The van der Waals surface area contributed by atoms with Gasteiger partial charge < -0.3 is 4.90 Å². The van der Waals surface area contributed by atoms with Gasteiger partial charge in [-0.2, -0.15) is 0 Å². The van der Waals surface area contributed by atoms with E-state index >= 15 is 0 Å². The summed E-state index contributed by atoms with van der Waals surface area (Å²) in [6.45, 7) is 0.740. The van der Waals surface area contributed by atoms with Crippen molar-refractivity contribution in [3.05, 3.63) is 29.8 Å². The first-order chi connectivity index (χ1) is 6.66. The molecule has 0 bridgehead atoms. The Kier molecular flexibility index (Phi) is 2.19. The number of carbonyl (C=O) groups is 1. The molecule has 0 unspecified atom stereocenters. The van der Waals surface area contributed by atoms with E-state index in [4.69, 9.17) is 0 Å². The first-order valence-electron chi connectivity index (χ1n) is 4.38. The fourth-order valence-corrected chi connectivity index (χ4v) is 1.57. The molecular weight excluding hydrogens is 188 g/mol. The number of hydrogen-bond acceptors (Lipinski definition) is 2. The third-order valence-corrected chi connectivity index (χ3v) is 2.28. The zero-order chi connectivity index (χ0) is 10.1. The van der Waals surface area contributed by atoms with Crippen LogP contribution in [-0.2, 0) is 4.79 Å². The highest BCUT2D eigenvalue weighted by molar-refractivity contribution is 5.87. The highest BCUT2D eigenvalue weighted by Crippen LogP contribution is 2.22. The van der Waals surface area contributed by atoms with Crippen molar-refractivity contribution in [3.63, 3.8) is 0 Å². The van der Waals surface area contributed by atoms with E-state index in [9.17, 15) is 13.6 Å². The fraction of sp³-hybridized carbons (Fsp3) is 0.300. The van der Waals surface area contributed by atoms with Gasteiger partial charge in [-0.25, -0.2) is 8.78 Å². The third-order valence-electron chi connectivity index (χ3n) is 2.28. The topological polar surface area (TPSA) is 20.3 Å². The highest BCUT2D eigenvalue weighted by atomic mass is 19.1. The molecule has 2 rings (SSSR count). The number of carbonyl (C=O) groups excluding carboxylic acids is 1. The Hall–Kier alpha value is -1.45. The van der Waals surface area contributed by atoms with Crippen molar-refractivity contribution in [2.24, 2.45) is 0 Å². The molecule has 0 N–H and O–H groups in total. The van der Waals surface area contributed by atoms with Crippen molar-refractivity contribution in [2.75, 3.05) is 18.0 Å². The van der Waals surface area contributed by atoms with E-state index in [1.165, 1.54) is 12.1 Å². The molecule has 0 spiro atoms. The van der Waals surface area contributed by atoms with E-state index in [-0.39, 0.29) is 12.3 Å². The van der Waals surface area contributed by atoms with Crippen LogP contribution in [-0.4, -0.2) is 18.9 Å². The molecule has 0 atom stereocenters. The summed E-state index contributed by atoms with van der Waals surface area (Å²) in [7, 11) is 0. The van der Waals surface area contributed by atoms with Crippen molar-refractivity contribution in [3.8, 4) is 0 Å². The van der Waals surface area contributed by atoms with E-state index in [0.29, 0.717) is 18.7 Å². The molecule has 1 fully saturated rings. The maximum absolute atomic E-state index is 13.2. The van der Waals surface area contributed by atoms with Crippen molar-refractivity contribution in [1.82, 2.24) is 0 Å². The predicted octanol–water partition coefficient (Wildman–Crippen LogP) is 1.74. The zero-order valence-electron chi connectivity index (χ0n) is 7.46. The summed E-state index contributed by atoms with van der Waals surface area (Å²) < 4.78 is 25.8. The number of ketones is 1. The van der Waals surface area contributed by atoms with E-state index in [2.05, 4.69) is 0 Å². The molecule has 1 aliphatic rings. The van der Waals surface area contributed by atoms with Crippen LogP contribution in [0.2, 0.25) is 0 Å². The van der Waals surface area contributed by atoms with Crippen molar-refractivity contribution in [1.29, 1.82) is 0 Å². The van der Waals surface area contributed by atoms with Crippen molar-refractivity contribution in [2.45, 2.75) is 6.42 Å². The lowest BCUT2D eigenvalue weighted by atomic mass is 10.3. The molecule has 1 aliphatic heterocycles. The van der Waals surface area contributed by atoms with Gasteiger partial charge in [-0.15, -0.1) is 0 Å². The molecule has 0 aliphatic carbocycles. The summed E-state index contributed by atoms with van der Waals surface area (Å²) in [4.78, 5) is 12.6. The largest absolute Gasteiger partial charge is 0.361 e. The third kappa shape index (κ3) is 1.60. The molecule has 0 amide bonds. The Bertz CT molecular complexity index is 378. The Balaban J connectivity index is 2.28. The molecule has 4 heteroatoms. The van der Waals surface area contributed by atoms with E-state index in [1.54, 1.807) is 4.90 Å². The number of anilines is 1. The number of rotatable bonds is 1. The molecule has 2 nitrogen and oxygen atoms in total. The average Bonchev–Trinajstić information content (AvgIpc) is 2.51. The molecule has 1 aromatic carbocycles. The minimum absolute atomic E-state index is 0.0914. The standard InChI is InChI=1S/C10H9F2NO/c11-7-1-2-10(9(12)5-7)13-4-3-8(14)6-13/h1-2,5H,3-4,6H2. The number of hydrogen-bond donors (Lipinski definition) is 0. The SMILES string of the molecule is O=C1CCN(c2ccc(F)cc2F)C1. The lowest BCUT2D eigenvalue weighted by Gasteiger charge is -2.16. The second-order valence-electron chi connectivity index (χ2n) is 3.31. The molecule has 1 aromatic rings. The minimum atomic E-state index is -0.611. The van der Waals surface area contributed by atoms with E-state index < -0.39 is 11.6 Å². The first-order valence-corrected chi connectivity index (χ1v) is 4.38. The highest BCUT2D eigenvalue weighted by Gasteiger charge is 2.21. The van der Waals surface area contributed by atoms with Gasteiger partial charge in [-0.3, -0.25) is 4.79 Å². The molecule has 1 saturated heterocycles.